The second-order valence-electron chi connectivity index (χ2n) is 7.94. The summed E-state index contributed by atoms with van der Waals surface area (Å²) in [5, 5.41) is 8.31. The van der Waals surface area contributed by atoms with Gasteiger partial charge in [-0.25, -0.2) is 0 Å². The molecule has 7 heteroatoms. The molecule has 1 spiro atoms. The number of aromatic nitrogens is 2. The quantitative estimate of drug-likeness (QED) is 0.793. The van der Waals surface area contributed by atoms with Crippen LogP contribution in [0.4, 0.5) is 0 Å². The van der Waals surface area contributed by atoms with E-state index >= 15 is 0 Å². The highest BCUT2D eigenvalue weighted by atomic mass is 32.1. The highest BCUT2D eigenvalue weighted by Crippen LogP contribution is 2.57. The van der Waals surface area contributed by atoms with Crippen molar-refractivity contribution in [2.45, 2.75) is 45.2 Å². The van der Waals surface area contributed by atoms with Crippen LogP contribution in [0.1, 0.15) is 37.3 Å². The molecule has 1 aliphatic heterocycles. The Morgan fingerprint density at radius 3 is 2.70 bits per heavy atom. The molecule has 0 unspecified atom stereocenters. The average molecular weight is 387 g/mol. The van der Waals surface area contributed by atoms with Gasteiger partial charge in [0.15, 0.2) is 0 Å². The van der Waals surface area contributed by atoms with Crippen LogP contribution in [0.25, 0.3) is 0 Å². The van der Waals surface area contributed by atoms with Gasteiger partial charge in [0, 0.05) is 45.8 Å². The molecule has 2 amide bonds. The topological polar surface area (TPSA) is 58.4 Å². The summed E-state index contributed by atoms with van der Waals surface area (Å²) in [7, 11) is 1.86. The number of carbonyl (C=O) groups excluding carboxylic acids is 2. The predicted octanol–water partition coefficient (Wildman–Crippen LogP) is 2.45. The van der Waals surface area contributed by atoms with Gasteiger partial charge < -0.3 is 9.80 Å². The van der Waals surface area contributed by atoms with Crippen molar-refractivity contribution in [3.63, 3.8) is 0 Å². The maximum absolute atomic E-state index is 12.6. The van der Waals surface area contributed by atoms with E-state index in [2.05, 4.69) is 21.9 Å². The fourth-order valence-corrected chi connectivity index (χ4v) is 5.04. The van der Waals surface area contributed by atoms with Crippen molar-refractivity contribution < 1.29 is 9.59 Å². The van der Waals surface area contributed by atoms with Crippen molar-refractivity contribution in [2.24, 2.45) is 12.5 Å². The van der Waals surface area contributed by atoms with Gasteiger partial charge in [-0.1, -0.05) is 0 Å². The molecule has 0 N–H and O–H groups in total. The summed E-state index contributed by atoms with van der Waals surface area (Å²) in [6.07, 6.45) is 7.13. The minimum Gasteiger partial charge on any atom is -0.342 e. The molecule has 144 valence electrons. The first-order valence-electron chi connectivity index (χ1n) is 9.50. The van der Waals surface area contributed by atoms with E-state index < -0.39 is 0 Å². The highest BCUT2D eigenvalue weighted by Gasteiger charge is 2.58. The minimum atomic E-state index is 0.151. The Morgan fingerprint density at radius 1 is 1.33 bits per heavy atom. The summed E-state index contributed by atoms with van der Waals surface area (Å²) >= 11 is 1.67. The summed E-state index contributed by atoms with van der Waals surface area (Å²) < 4.78 is 1.73. The molecule has 1 atom stereocenters. The first kappa shape index (κ1) is 18.2. The molecule has 0 aromatic carbocycles. The Morgan fingerprint density at radius 2 is 2.11 bits per heavy atom. The van der Waals surface area contributed by atoms with Crippen LogP contribution in [0.15, 0.2) is 29.2 Å². The third kappa shape index (κ3) is 3.78. The first-order chi connectivity index (χ1) is 13.0. The van der Waals surface area contributed by atoms with Gasteiger partial charge in [0.1, 0.15) is 0 Å². The molecule has 1 aliphatic carbocycles. The molecule has 2 fully saturated rings. The lowest BCUT2D eigenvalue weighted by Gasteiger charge is -2.34. The Kier molecular flexibility index (Phi) is 4.80. The van der Waals surface area contributed by atoms with Crippen LogP contribution >= 0.6 is 11.3 Å². The Labute approximate surface area is 163 Å². The number of rotatable bonds is 5. The second-order valence-corrected chi connectivity index (χ2v) is 8.72. The second kappa shape index (κ2) is 7.11. The minimum absolute atomic E-state index is 0.151. The number of nitrogens with zero attached hydrogens (tertiary/aromatic N) is 4. The molecular formula is C20H26N4O2S. The molecule has 0 bridgehead atoms. The number of aryl methyl sites for hydroxylation is 1. The molecule has 2 aliphatic rings. The van der Waals surface area contributed by atoms with Crippen molar-refractivity contribution in [1.82, 2.24) is 19.6 Å². The molecular weight excluding hydrogens is 360 g/mol. The molecule has 3 heterocycles. The van der Waals surface area contributed by atoms with Crippen molar-refractivity contribution in [3.05, 3.63) is 40.3 Å². The lowest BCUT2D eigenvalue weighted by atomic mass is 9.92. The Hall–Kier alpha value is -2.15. The number of hydrogen-bond donors (Lipinski definition) is 0. The third-order valence-corrected chi connectivity index (χ3v) is 6.82. The van der Waals surface area contributed by atoms with Gasteiger partial charge in [-0.15, -0.1) is 0 Å². The zero-order valence-electron chi connectivity index (χ0n) is 15.9. The number of amides is 2. The maximum atomic E-state index is 12.6. The summed E-state index contributed by atoms with van der Waals surface area (Å²) in [5.41, 5.74) is 2.39. The van der Waals surface area contributed by atoms with Crippen LogP contribution in [0.3, 0.4) is 0 Å². The lowest BCUT2D eigenvalue weighted by molar-refractivity contribution is -0.134. The number of likely N-dealkylation sites (tertiary alicyclic amines) is 1. The number of piperidine rings is 1. The van der Waals surface area contributed by atoms with Gasteiger partial charge in [0.2, 0.25) is 11.8 Å². The lowest BCUT2D eigenvalue weighted by Crippen LogP contribution is -2.43. The van der Waals surface area contributed by atoms with E-state index in [1.54, 1.807) is 29.1 Å². The average Bonchev–Trinajstić information content (AvgIpc) is 3.00. The number of carbonyl (C=O) groups is 2. The van der Waals surface area contributed by atoms with Gasteiger partial charge in [-0.05, 0) is 52.6 Å². The standard InChI is InChI=1S/C20H26N4O2S/c1-15(25)24(13-16-3-8-27-14-16)18-10-20(18)4-6-23(7-5-20)19(26)9-17-11-21-22(2)12-17/h3,8,11-12,14,18H,4-7,9-10,13H2,1-2H3/t18-/m1/s1. The van der Waals surface area contributed by atoms with Gasteiger partial charge >= 0.3 is 0 Å². The van der Waals surface area contributed by atoms with Crippen molar-refractivity contribution in [1.29, 1.82) is 0 Å². The molecule has 1 saturated heterocycles. The Bertz CT molecular complexity index is 821. The van der Waals surface area contributed by atoms with E-state index in [1.165, 1.54) is 5.56 Å². The monoisotopic (exact) mass is 386 g/mol. The van der Waals surface area contributed by atoms with Crippen LogP contribution in [-0.4, -0.2) is 50.5 Å². The van der Waals surface area contributed by atoms with E-state index in [9.17, 15) is 9.59 Å². The highest BCUT2D eigenvalue weighted by molar-refractivity contribution is 7.07. The molecule has 0 radical (unpaired) electrons. The molecule has 4 rings (SSSR count). The van der Waals surface area contributed by atoms with Crippen molar-refractivity contribution >= 4 is 23.2 Å². The normalized spacial score (nSPS) is 20.7. The van der Waals surface area contributed by atoms with Crippen molar-refractivity contribution in [3.8, 4) is 0 Å². The van der Waals surface area contributed by atoms with Crippen LogP contribution in [0, 0.1) is 5.41 Å². The summed E-state index contributed by atoms with van der Waals surface area (Å²) in [5.74, 6) is 0.329. The van der Waals surface area contributed by atoms with E-state index in [0.717, 1.165) is 37.9 Å². The molecule has 2 aromatic rings. The van der Waals surface area contributed by atoms with E-state index in [0.29, 0.717) is 19.0 Å². The fraction of sp³-hybridized carbons (Fsp3) is 0.550. The van der Waals surface area contributed by atoms with E-state index in [1.807, 2.05) is 23.0 Å². The zero-order valence-corrected chi connectivity index (χ0v) is 16.7. The van der Waals surface area contributed by atoms with Crippen LogP contribution < -0.4 is 0 Å². The van der Waals surface area contributed by atoms with E-state index in [-0.39, 0.29) is 17.2 Å². The maximum Gasteiger partial charge on any atom is 0.227 e. The number of hydrogen-bond acceptors (Lipinski definition) is 4. The fourth-order valence-electron chi connectivity index (χ4n) is 4.38. The Balaban J connectivity index is 1.33. The van der Waals surface area contributed by atoms with Gasteiger partial charge in [-0.3, -0.25) is 14.3 Å². The molecule has 27 heavy (non-hydrogen) atoms. The van der Waals surface area contributed by atoms with Crippen LogP contribution in [-0.2, 0) is 29.6 Å². The van der Waals surface area contributed by atoms with Gasteiger partial charge in [0.25, 0.3) is 0 Å². The van der Waals surface area contributed by atoms with E-state index in [4.69, 9.17) is 0 Å². The van der Waals surface area contributed by atoms with Crippen LogP contribution in [0.2, 0.25) is 0 Å². The largest absolute Gasteiger partial charge is 0.342 e. The summed E-state index contributed by atoms with van der Waals surface area (Å²) in [6, 6.07) is 2.42. The number of thiophene rings is 1. The van der Waals surface area contributed by atoms with Gasteiger partial charge in [-0.2, -0.15) is 16.4 Å². The summed E-state index contributed by atoms with van der Waals surface area (Å²) in [4.78, 5) is 28.8. The SMILES string of the molecule is CC(=O)N(Cc1ccsc1)[C@@H]1CC12CCN(C(=O)Cc1cnn(C)c1)CC2. The third-order valence-electron chi connectivity index (χ3n) is 6.09. The zero-order chi connectivity index (χ0) is 19.0. The van der Waals surface area contributed by atoms with Gasteiger partial charge in [0.05, 0.1) is 12.6 Å². The smallest absolute Gasteiger partial charge is 0.227 e. The molecule has 6 nitrogen and oxygen atoms in total. The van der Waals surface area contributed by atoms with Crippen LogP contribution in [0.5, 0.6) is 0 Å². The summed E-state index contributed by atoms with van der Waals surface area (Å²) in [6.45, 7) is 3.96. The first-order valence-corrected chi connectivity index (χ1v) is 10.4. The van der Waals surface area contributed by atoms with Crippen molar-refractivity contribution in [2.75, 3.05) is 13.1 Å². The predicted molar refractivity (Wildman–Crippen MR) is 104 cm³/mol. The molecule has 2 aromatic heterocycles. The molecule has 1 saturated carbocycles.